The molecule has 0 atom stereocenters. The zero-order valence-corrected chi connectivity index (χ0v) is 10.6. The number of anilines is 1. The highest BCUT2D eigenvalue weighted by molar-refractivity contribution is 5.94. The lowest BCUT2D eigenvalue weighted by molar-refractivity contribution is 0.0697. The van der Waals surface area contributed by atoms with Gasteiger partial charge in [0.05, 0.1) is 5.69 Å². The fourth-order valence-corrected chi connectivity index (χ4v) is 1.72. The lowest BCUT2D eigenvalue weighted by Crippen LogP contribution is -2.33. The van der Waals surface area contributed by atoms with E-state index < -0.39 is 5.97 Å². The number of hydrogen-bond donors (Lipinski definition) is 3. The Labute approximate surface area is 100 Å². The Morgan fingerprint density at radius 3 is 2.59 bits per heavy atom. The molecule has 0 amide bonds. The minimum absolute atomic E-state index is 0.0409. The molecule has 0 radical (unpaired) electrons. The van der Waals surface area contributed by atoms with Gasteiger partial charge in [-0.2, -0.15) is 5.10 Å². The normalized spacial score (nSPS) is 11.6. The molecule has 0 spiro atoms. The number of aryl methyl sites for hydroxylation is 2. The molecule has 6 nitrogen and oxygen atoms in total. The van der Waals surface area contributed by atoms with Gasteiger partial charge in [0.25, 0.3) is 0 Å². The summed E-state index contributed by atoms with van der Waals surface area (Å²) in [6.45, 7) is 5.50. The summed E-state index contributed by atoms with van der Waals surface area (Å²) < 4.78 is 1.51. The summed E-state index contributed by atoms with van der Waals surface area (Å²) >= 11 is 0. The highest BCUT2D eigenvalue weighted by atomic mass is 16.4. The summed E-state index contributed by atoms with van der Waals surface area (Å²) in [5, 5.41) is 25.3. The second kappa shape index (κ2) is 4.75. The Hall–Kier alpha value is -1.56. The monoisotopic (exact) mass is 241 g/mol. The van der Waals surface area contributed by atoms with Crippen molar-refractivity contribution < 1.29 is 15.0 Å². The van der Waals surface area contributed by atoms with E-state index in [1.807, 2.05) is 13.8 Å². The molecule has 0 aliphatic rings. The van der Waals surface area contributed by atoms with Crippen LogP contribution in [0, 0.1) is 6.92 Å². The maximum atomic E-state index is 11.2. The van der Waals surface area contributed by atoms with Crippen LogP contribution in [0.3, 0.4) is 0 Å². The molecule has 3 N–H and O–H groups in total. The van der Waals surface area contributed by atoms with Gasteiger partial charge in [-0.25, -0.2) is 4.79 Å². The summed E-state index contributed by atoms with van der Waals surface area (Å²) in [4.78, 5) is 11.2. The van der Waals surface area contributed by atoms with Crippen molar-refractivity contribution in [3.8, 4) is 0 Å². The molecule has 96 valence electrons. The first kappa shape index (κ1) is 13.5. The summed E-state index contributed by atoms with van der Waals surface area (Å²) in [5.41, 5.74) is 0.264. The molecule has 0 aromatic carbocycles. The van der Waals surface area contributed by atoms with Crippen LogP contribution < -0.4 is 5.32 Å². The molecular formula is C11H19N3O3. The van der Waals surface area contributed by atoms with Crippen molar-refractivity contribution in [1.29, 1.82) is 0 Å². The topological polar surface area (TPSA) is 87.4 Å². The molecule has 6 heteroatoms. The van der Waals surface area contributed by atoms with Crippen LogP contribution in [0.4, 0.5) is 5.82 Å². The van der Waals surface area contributed by atoms with Crippen molar-refractivity contribution in [2.75, 3.05) is 11.9 Å². The van der Waals surface area contributed by atoms with E-state index in [9.17, 15) is 4.79 Å². The summed E-state index contributed by atoms with van der Waals surface area (Å²) in [6.07, 6.45) is 0.524. The van der Waals surface area contributed by atoms with Crippen molar-refractivity contribution in [2.24, 2.45) is 7.05 Å². The van der Waals surface area contributed by atoms with Crippen molar-refractivity contribution in [3.05, 3.63) is 11.3 Å². The molecule has 0 unspecified atom stereocenters. The first-order valence-corrected chi connectivity index (χ1v) is 5.44. The Balaban J connectivity index is 3.10. The molecule has 0 fully saturated rings. The molecule has 1 aromatic heterocycles. The van der Waals surface area contributed by atoms with Crippen LogP contribution in [0.5, 0.6) is 0 Å². The average Bonchev–Trinajstić information content (AvgIpc) is 2.40. The van der Waals surface area contributed by atoms with Gasteiger partial charge in [0.1, 0.15) is 11.4 Å². The van der Waals surface area contributed by atoms with Crippen molar-refractivity contribution >= 4 is 11.8 Å². The van der Waals surface area contributed by atoms with Gasteiger partial charge < -0.3 is 15.5 Å². The lowest BCUT2D eigenvalue weighted by atomic mass is 10.0. The number of rotatable bonds is 5. The number of aromatic nitrogens is 2. The van der Waals surface area contributed by atoms with E-state index in [0.717, 1.165) is 0 Å². The second-order valence-electron chi connectivity index (χ2n) is 4.72. The van der Waals surface area contributed by atoms with Crippen LogP contribution in [0.1, 0.15) is 36.3 Å². The van der Waals surface area contributed by atoms with E-state index in [4.69, 9.17) is 10.2 Å². The lowest BCUT2D eigenvalue weighted by Gasteiger charge is -2.26. The molecule has 0 aliphatic carbocycles. The van der Waals surface area contributed by atoms with Crippen molar-refractivity contribution in [1.82, 2.24) is 9.78 Å². The average molecular weight is 241 g/mol. The highest BCUT2D eigenvalue weighted by Gasteiger charge is 2.25. The van der Waals surface area contributed by atoms with Crippen LogP contribution in [0.2, 0.25) is 0 Å². The SMILES string of the molecule is Cc1nn(C)c(NC(C)(C)CCO)c1C(=O)O. The minimum Gasteiger partial charge on any atom is -0.477 e. The zero-order valence-electron chi connectivity index (χ0n) is 10.6. The van der Waals surface area contributed by atoms with Gasteiger partial charge in [-0.3, -0.25) is 4.68 Å². The summed E-state index contributed by atoms with van der Waals surface area (Å²) in [5.74, 6) is -0.536. The molecule has 1 rings (SSSR count). The van der Waals surface area contributed by atoms with Crippen molar-refractivity contribution in [3.63, 3.8) is 0 Å². The number of nitrogens with one attached hydrogen (secondary N) is 1. The van der Waals surface area contributed by atoms with E-state index in [1.54, 1.807) is 14.0 Å². The third kappa shape index (κ3) is 2.97. The van der Waals surface area contributed by atoms with Crippen molar-refractivity contribution in [2.45, 2.75) is 32.7 Å². The standard InChI is InChI=1S/C11H19N3O3/c1-7-8(10(16)17)9(14(4)13-7)12-11(2,3)5-6-15/h12,15H,5-6H2,1-4H3,(H,16,17). The zero-order chi connectivity index (χ0) is 13.2. The van der Waals surface area contributed by atoms with Gasteiger partial charge in [0.15, 0.2) is 0 Å². The number of aliphatic hydroxyl groups excluding tert-OH is 1. The predicted molar refractivity (Wildman–Crippen MR) is 64.3 cm³/mol. The molecule has 0 saturated heterocycles. The molecule has 1 heterocycles. The molecule has 17 heavy (non-hydrogen) atoms. The summed E-state index contributed by atoms with van der Waals surface area (Å²) in [7, 11) is 1.69. The first-order chi connectivity index (χ1) is 7.78. The van der Waals surface area contributed by atoms with Crippen LogP contribution in [-0.4, -0.2) is 38.1 Å². The van der Waals surface area contributed by atoms with E-state index in [1.165, 1.54) is 4.68 Å². The molecule has 0 aliphatic heterocycles. The summed E-state index contributed by atoms with van der Waals surface area (Å²) in [6, 6.07) is 0. The van der Waals surface area contributed by atoms with E-state index in [2.05, 4.69) is 10.4 Å². The van der Waals surface area contributed by atoms with E-state index >= 15 is 0 Å². The third-order valence-electron chi connectivity index (χ3n) is 2.63. The van der Waals surface area contributed by atoms with Gasteiger partial charge in [-0.1, -0.05) is 0 Å². The van der Waals surface area contributed by atoms with Gasteiger partial charge >= 0.3 is 5.97 Å². The smallest absolute Gasteiger partial charge is 0.341 e. The van der Waals surface area contributed by atoms with Gasteiger partial charge in [0.2, 0.25) is 0 Å². The quantitative estimate of drug-likeness (QED) is 0.715. The van der Waals surface area contributed by atoms with Crippen LogP contribution in [0.15, 0.2) is 0 Å². The maximum absolute atomic E-state index is 11.2. The van der Waals surface area contributed by atoms with Gasteiger partial charge in [-0.05, 0) is 27.2 Å². The maximum Gasteiger partial charge on any atom is 0.341 e. The second-order valence-corrected chi connectivity index (χ2v) is 4.72. The number of carboxylic acids is 1. The fraction of sp³-hybridized carbons (Fsp3) is 0.636. The largest absolute Gasteiger partial charge is 0.477 e. The minimum atomic E-state index is -1.00. The predicted octanol–water partition coefficient (Wildman–Crippen LogP) is 1.000. The number of hydrogen-bond acceptors (Lipinski definition) is 4. The van der Waals surface area contributed by atoms with Crippen LogP contribution in [0.25, 0.3) is 0 Å². The molecular weight excluding hydrogens is 222 g/mol. The van der Waals surface area contributed by atoms with Gasteiger partial charge in [0, 0.05) is 19.2 Å². The number of carboxylic acid groups (broad SMARTS) is 1. The molecule has 0 bridgehead atoms. The Morgan fingerprint density at radius 1 is 1.53 bits per heavy atom. The third-order valence-corrected chi connectivity index (χ3v) is 2.63. The molecule has 1 aromatic rings. The first-order valence-electron chi connectivity index (χ1n) is 5.44. The number of aromatic carboxylic acids is 1. The molecule has 0 saturated carbocycles. The number of nitrogens with zero attached hydrogens (tertiary/aromatic N) is 2. The van der Waals surface area contributed by atoms with Crippen LogP contribution >= 0.6 is 0 Å². The van der Waals surface area contributed by atoms with Crippen LogP contribution in [-0.2, 0) is 7.05 Å². The van der Waals surface area contributed by atoms with E-state index in [-0.39, 0.29) is 17.7 Å². The number of aliphatic hydroxyl groups is 1. The Kier molecular flexibility index (Phi) is 3.77. The highest BCUT2D eigenvalue weighted by Crippen LogP contribution is 2.23. The Morgan fingerprint density at radius 2 is 2.12 bits per heavy atom. The van der Waals surface area contributed by atoms with E-state index in [0.29, 0.717) is 17.9 Å². The Bertz CT molecular complexity index is 424. The number of carbonyl (C=O) groups is 1. The van der Waals surface area contributed by atoms with Gasteiger partial charge in [-0.15, -0.1) is 0 Å². The fourth-order valence-electron chi connectivity index (χ4n) is 1.72.